The smallest absolute Gasteiger partial charge is 0.404 e. The van der Waals surface area contributed by atoms with Gasteiger partial charge in [0.25, 0.3) is 0 Å². The quantitative estimate of drug-likeness (QED) is 0.104. The van der Waals surface area contributed by atoms with Crippen LogP contribution >= 0.6 is 0 Å². The highest BCUT2D eigenvalue weighted by Gasteiger charge is 2.38. The SMILES string of the molecule is COc1ccc(CN(Cc2ccc(OC)cc2)S(=O)(=O)c2c(S(=O)(=O)NCCNC(=O)O)ccc(C3=CC(=O)CCC3)c2-c2nnn(Cc3ccc(OC)cc3)n2)cc1. The predicted molar refractivity (Wildman–Crippen MR) is 216 cm³/mol. The van der Waals surface area contributed by atoms with Crippen LogP contribution in [0.25, 0.3) is 17.0 Å². The van der Waals surface area contributed by atoms with Crippen molar-refractivity contribution in [3.63, 3.8) is 0 Å². The van der Waals surface area contributed by atoms with Crippen molar-refractivity contribution >= 4 is 37.5 Å². The molecule has 17 nitrogen and oxygen atoms in total. The molecule has 0 saturated carbocycles. The number of tetrazole rings is 1. The van der Waals surface area contributed by atoms with E-state index in [4.69, 9.17) is 19.3 Å². The number of carboxylic acid groups (broad SMARTS) is 1. The Labute approximate surface area is 341 Å². The van der Waals surface area contributed by atoms with Gasteiger partial charge in [0, 0.05) is 32.6 Å². The molecule has 1 aliphatic carbocycles. The molecule has 3 N–H and O–H groups in total. The third-order valence-electron chi connectivity index (χ3n) is 9.45. The molecule has 1 heterocycles. The molecule has 0 saturated heterocycles. The molecule has 0 atom stereocenters. The number of ether oxygens (including phenoxy) is 3. The maximum atomic E-state index is 15.6. The highest BCUT2D eigenvalue weighted by molar-refractivity contribution is 7.92. The van der Waals surface area contributed by atoms with E-state index in [0.29, 0.717) is 53.2 Å². The molecule has 1 amide bonds. The van der Waals surface area contributed by atoms with Crippen LogP contribution in [0.5, 0.6) is 17.2 Å². The fourth-order valence-electron chi connectivity index (χ4n) is 6.49. The first-order valence-corrected chi connectivity index (χ1v) is 21.3. The molecular weight excluding hydrogens is 803 g/mol. The van der Waals surface area contributed by atoms with E-state index >= 15 is 8.42 Å². The van der Waals surface area contributed by atoms with E-state index in [1.54, 1.807) is 79.9 Å². The van der Waals surface area contributed by atoms with Crippen LogP contribution in [0.4, 0.5) is 4.79 Å². The van der Waals surface area contributed by atoms with Gasteiger partial charge in [0.15, 0.2) is 5.78 Å². The van der Waals surface area contributed by atoms with Gasteiger partial charge in [0.1, 0.15) is 27.0 Å². The zero-order valence-electron chi connectivity index (χ0n) is 32.5. The summed E-state index contributed by atoms with van der Waals surface area (Å²) in [6.45, 7) is -1.01. The molecule has 5 aromatic rings. The van der Waals surface area contributed by atoms with E-state index < -0.39 is 42.5 Å². The van der Waals surface area contributed by atoms with Crippen molar-refractivity contribution in [1.82, 2.24) is 34.6 Å². The molecule has 6 rings (SSSR count). The number of aromatic nitrogens is 4. The highest BCUT2D eigenvalue weighted by atomic mass is 32.2. The van der Waals surface area contributed by atoms with Gasteiger partial charge in [0.2, 0.25) is 25.9 Å². The Morgan fingerprint density at radius 1 is 0.780 bits per heavy atom. The minimum Gasteiger partial charge on any atom is -0.497 e. The summed E-state index contributed by atoms with van der Waals surface area (Å²) in [7, 11) is -5.05. The Balaban J connectivity index is 1.59. The first kappa shape index (κ1) is 42.5. The van der Waals surface area contributed by atoms with Gasteiger partial charge in [0.05, 0.1) is 33.4 Å². The van der Waals surface area contributed by atoms with Crippen molar-refractivity contribution in [2.24, 2.45) is 0 Å². The average Bonchev–Trinajstić information content (AvgIpc) is 3.70. The fourth-order valence-corrected chi connectivity index (χ4v) is 9.93. The summed E-state index contributed by atoms with van der Waals surface area (Å²) in [5.74, 6) is 1.34. The minimum atomic E-state index is -4.90. The van der Waals surface area contributed by atoms with E-state index in [0.717, 1.165) is 9.87 Å². The minimum absolute atomic E-state index is 0.118. The number of amides is 1. The lowest BCUT2D eigenvalue weighted by Gasteiger charge is -2.27. The second-order valence-electron chi connectivity index (χ2n) is 13.4. The molecule has 0 spiro atoms. The molecule has 310 valence electrons. The van der Waals surface area contributed by atoms with Gasteiger partial charge < -0.3 is 24.6 Å². The van der Waals surface area contributed by atoms with Gasteiger partial charge in [-0.25, -0.2) is 26.4 Å². The molecule has 0 fully saturated rings. The molecule has 4 aromatic carbocycles. The second-order valence-corrected chi connectivity index (χ2v) is 17.0. The Morgan fingerprint density at radius 3 is 1.86 bits per heavy atom. The zero-order valence-corrected chi connectivity index (χ0v) is 34.1. The third kappa shape index (κ3) is 10.3. The zero-order chi connectivity index (χ0) is 42.2. The van der Waals surface area contributed by atoms with Gasteiger partial charge in [-0.05, 0) is 94.4 Å². The van der Waals surface area contributed by atoms with Crippen LogP contribution < -0.4 is 24.2 Å². The lowest BCUT2D eigenvalue weighted by atomic mass is 9.90. The molecule has 1 aromatic heterocycles. The number of allylic oxidation sites excluding steroid dienone is 2. The van der Waals surface area contributed by atoms with E-state index in [9.17, 15) is 18.0 Å². The molecule has 1 aliphatic rings. The number of nitrogens with zero attached hydrogens (tertiary/aromatic N) is 5. The van der Waals surface area contributed by atoms with Crippen molar-refractivity contribution in [3.8, 4) is 28.6 Å². The van der Waals surface area contributed by atoms with Crippen LogP contribution in [0.2, 0.25) is 0 Å². The van der Waals surface area contributed by atoms with Crippen LogP contribution in [0, 0.1) is 0 Å². The number of hydrogen-bond acceptors (Lipinski definition) is 12. The number of methoxy groups -OCH3 is 3. The van der Waals surface area contributed by atoms with Crippen LogP contribution in [0.15, 0.2) is 101 Å². The Morgan fingerprint density at radius 2 is 1.34 bits per heavy atom. The van der Waals surface area contributed by atoms with Crippen LogP contribution in [-0.2, 0) is 44.5 Å². The highest BCUT2D eigenvalue weighted by Crippen LogP contribution is 2.41. The molecular formula is C40H43N7O10S2. The van der Waals surface area contributed by atoms with E-state index in [2.05, 4.69) is 25.4 Å². The normalized spacial score (nSPS) is 13.2. The van der Waals surface area contributed by atoms with Crippen molar-refractivity contribution in [3.05, 3.63) is 113 Å². The number of rotatable bonds is 18. The van der Waals surface area contributed by atoms with E-state index in [1.807, 2.05) is 0 Å². The average molecular weight is 846 g/mol. The summed E-state index contributed by atoms with van der Waals surface area (Å²) >= 11 is 0. The number of carbonyl (C=O) groups is 2. The summed E-state index contributed by atoms with van der Waals surface area (Å²) in [6, 6.07) is 23.3. The molecule has 0 radical (unpaired) electrons. The fraction of sp³-hybridized carbons (Fsp3) is 0.275. The Kier molecular flexibility index (Phi) is 13.4. The number of benzene rings is 4. The second kappa shape index (κ2) is 18.6. The molecule has 19 heteroatoms. The Bertz CT molecular complexity index is 2490. The summed E-state index contributed by atoms with van der Waals surface area (Å²) in [5, 5.41) is 24.3. The molecule has 0 unspecified atom stereocenters. The van der Waals surface area contributed by atoms with Gasteiger partial charge in [-0.3, -0.25) is 4.79 Å². The lowest BCUT2D eigenvalue weighted by molar-refractivity contribution is -0.114. The summed E-state index contributed by atoms with van der Waals surface area (Å²) in [4.78, 5) is 23.9. The number of ketones is 1. The monoisotopic (exact) mass is 845 g/mol. The number of nitrogens with one attached hydrogen (secondary N) is 2. The first-order valence-electron chi connectivity index (χ1n) is 18.4. The van der Waals surface area contributed by atoms with Crippen molar-refractivity contribution in [2.45, 2.75) is 48.7 Å². The van der Waals surface area contributed by atoms with E-state index in [1.165, 1.54) is 37.2 Å². The summed E-state index contributed by atoms with van der Waals surface area (Å²) in [6.07, 6.45) is 1.20. The first-order chi connectivity index (χ1) is 28.3. The van der Waals surface area contributed by atoms with Crippen molar-refractivity contribution < 1.29 is 45.7 Å². The summed E-state index contributed by atoms with van der Waals surface area (Å²) < 4.78 is 79.3. The molecule has 0 bridgehead atoms. The number of sulfonamides is 2. The number of carbonyl (C=O) groups excluding carboxylic acids is 1. The van der Waals surface area contributed by atoms with E-state index in [-0.39, 0.29) is 48.9 Å². The van der Waals surface area contributed by atoms with Crippen LogP contribution in [0.1, 0.15) is 41.5 Å². The van der Waals surface area contributed by atoms with Crippen LogP contribution in [0.3, 0.4) is 0 Å². The topological polar surface area (TPSA) is 221 Å². The van der Waals surface area contributed by atoms with Gasteiger partial charge in [-0.1, -0.05) is 42.5 Å². The summed E-state index contributed by atoms with van der Waals surface area (Å²) in [5.41, 5.74) is 2.43. The standard InChI is InChI=1S/C40H43N7O10S2/c1-55-32-13-7-27(8-14-32)24-46(25-28-9-15-33(56-2)16-10-28)59(53,54)38-36(58(51,52)42-22-21-41-40(49)50)20-19-35(30-5-4-6-31(48)23-30)37(38)39-43-45-47(44-39)26-29-11-17-34(57-3)18-12-29/h7-20,23,41-42H,4-6,21-22,24-26H2,1-3H3,(H,49,50). The van der Waals surface area contributed by atoms with Crippen molar-refractivity contribution in [1.29, 1.82) is 0 Å². The van der Waals surface area contributed by atoms with Crippen LogP contribution in [-0.4, -0.2) is 92.7 Å². The molecule has 59 heavy (non-hydrogen) atoms. The third-order valence-corrected chi connectivity index (χ3v) is 13.0. The lowest BCUT2D eigenvalue weighted by Crippen LogP contribution is -2.36. The Hall–Kier alpha value is -6.15. The maximum Gasteiger partial charge on any atom is 0.404 e. The maximum absolute atomic E-state index is 15.6. The number of hydrogen-bond donors (Lipinski definition) is 3. The largest absolute Gasteiger partial charge is 0.497 e. The molecule has 0 aliphatic heterocycles. The van der Waals surface area contributed by atoms with Crippen molar-refractivity contribution in [2.75, 3.05) is 34.4 Å². The van der Waals surface area contributed by atoms with Gasteiger partial charge in [-0.15, -0.1) is 10.2 Å². The predicted octanol–water partition coefficient (Wildman–Crippen LogP) is 4.49. The van der Waals surface area contributed by atoms with Gasteiger partial charge in [-0.2, -0.15) is 9.10 Å². The van der Waals surface area contributed by atoms with Gasteiger partial charge >= 0.3 is 6.09 Å².